The van der Waals surface area contributed by atoms with E-state index in [0.717, 1.165) is 16.8 Å². The fourth-order valence-electron chi connectivity index (χ4n) is 3.38. The van der Waals surface area contributed by atoms with E-state index in [0.29, 0.717) is 30.9 Å². The van der Waals surface area contributed by atoms with E-state index < -0.39 is 5.41 Å². The summed E-state index contributed by atoms with van der Waals surface area (Å²) >= 11 is 0. The van der Waals surface area contributed by atoms with Gasteiger partial charge in [-0.25, -0.2) is 0 Å². The molecule has 0 atom stereocenters. The van der Waals surface area contributed by atoms with Crippen LogP contribution in [0.2, 0.25) is 0 Å². The molecule has 0 spiro atoms. The average molecular weight is 396 g/mol. The molecule has 3 rings (SSSR count). The molecule has 154 valence electrons. The number of ether oxygens (including phenoxy) is 2. The largest absolute Gasteiger partial charge is 0.493 e. The molecule has 2 amide bonds. The van der Waals surface area contributed by atoms with Gasteiger partial charge in [-0.2, -0.15) is 0 Å². The van der Waals surface area contributed by atoms with Gasteiger partial charge in [-0.05, 0) is 48.1 Å². The maximum Gasteiger partial charge on any atom is 0.240 e. The number of benzene rings is 2. The van der Waals surface area contributed by atoms with Gasteiger partial charge in [0.2, 0.25) is 11.8 Å². The molecule has 0 radical (unpaired) electrons. The second kappa shape index (κ2) is 8.55. The Labute approximate surface area is 171 Å². The van der Waals surface area contributed by atoms with Gasteiger partial charge in [0.15, 0.2) is 11.5 Å². The summed E-state index contributed by atoms with van der Waals surface area (Å²) < 4.78 is 10.5. The van der Waals surface area contributed by atoms with Gasteiger partial charge in [-0.15, -0.1) is 0 Å². The standard InChI is InChI=1S/C23H28N2O4/c1-15(2)17-7-5-6-8-18(17)25-22(27)23(11-12-23)21(26)24-14-16-9-10-19(28-3)20(13-16)29-4/h5-10,13,15H,11-12,14H2,1-4H3,(H,24,26)(H,25,27). The summed E-state index contributed by atoms with van der Waals surface area (Å²) in [4.78, 5) is 25.7. The molecule has 29 heavy (non-hydrogen) atoms. The predicted octanol–water partition coefficient (Wildman–Crippen LogP) is 3.86. The Morgan fingerprint density at radius 2 is 1.69 bits per heavy atom. The lowest BCUT2D eigenvalue weighted by molar-refractivity contribution is -0.134. The Bertz CT molecular complexity index is 904. The van der Waals surface area contributed by atoms with Gasteiger partial charge in [0.05, 0.1) is 14.2 Å². The Balaban J connectivity index is 1.66. The smallest absolute Gasteiger partial charge is 0.240 e. The zero-order chi connectivity index (χ0) is 21.0. The van der Waals surface area contributed by atoms with Crippen LogP contribution in [-0.4, -0.2) is 26.0 Å². The van der Waals surface area contributed by atoms with Crippen LogP contribution < -0.4 is 20.1 Å². The first-order valence-electron chi connectivity index (χ1n) is 9.81. The number of hydrogen-bond acceptors (Lipinski definition) is 4. The van der Waals surface area contributed by atoms with Crippen molar-refractivity contribution in [3.8, 4) is 11.5 Å². The molecule has 2 N–H and O–H groups in total. The highest BCUT2D eigenvalue weighted by Gasteiger charge is 2.56. The minimum Gasteiger partial charge on any atom is -0.493 e. The van der Waals surface area contributed by atoms with E-state index in [1.54, 1.807) is 20.3 Å². The highest BCUT2D eigenvalue weighted by Crippen LogP contribution is 2.47. The highest BCUT2D eigenvalue weighted by molar-refractivity contribution is 6.13. The van der Waals surface area contributed by atoms with Crippen molar-refractivity contribution in [1.82, 2.24) is 5.32 Å². The van der Waals surface area contributed by atoms with Crippen LogP contribution in [0.4, 0.5) is 5.69 Å². The number of carbonyl (C=O) groups excluding carboxylic acids is 2. The van der Waals surface area contributed by atoms with E-state index in [-0.39, 0.29) is 17.7 Å². The molecule has 6 nitrogen and oxygen atoms in total. The molecule has 2 aromatic rings. The van der Waals surface area contributed by atoms with E-state index in [1.807, 2.05) is 36.4 Å². The lowest BCUT2D eigenvalue weighted by Crippen LogP contribution is -2.39. The molecule has 0 heterocycles. The normalized spacial score (nSPS) is 14.2. The van der Waals surface area contributed by atoms with E-state index in [9.17, 15) is 9.59 Å². The molecule has 1 aliphatic rings. The van der Waals surface area contributed by atoms with Crippen molar-refractivity contribution in [2.24, 2.45) is 5.41 Å². The Kier molecular flexibility index (Phi) is 6.11. The minimum atomic E-state index is -0.985. The Morgan fingerprint density at radius 3 is 2.31 bits per heavy atom. The third kappa shape index (κ3) is 4.36. The van der Waals surface area contributed by atoms with Crippen LogP contribution in [0.15, 0.2) is 42.5 Å². The first-order chi connectivity index (χ1) is 13.9. The molecule has 2 aromatic carbocycles. The first kappa shape index (κ1) is 20.7. The van der Waals surface area contributed by atoms with Gasteiger partial charge in [-0.1, -0.05) is 38.1 Å². The third-order valence-electron chi connectivity index (χ3n) is 5.35. The monoisotopic (exact) mass is 396 g/mol. The van der Waals surface area contributed by atoms with Gasteiger partial charge >= 0.3 is 0 Å². The summed E-state index contributed by atoms with van der Waals surface area (Å²) in [5, 5.41) is 5.87. The SMILES string of the molecule is COc1ccc(CNC(=O)C2(C(=O)Nc3ccccc3C(C)C)CC2)cc1OC. The number of para-hydroxylation sites is 1. The fraction of sp³-hybridized carbons (Fsp3) is 0.391. The number of carbonyl (C=O) groups is 2. The van der Waals surface area contributed by atoms with Crippen molar-refractivity contribution in [2.45, 2.75) is 39.2 Å². The summed E-state index contributed by atoms with van der Waals surface area (Å²) in [6.07, 6.45) is 1.11. The van der Waals surface area contributed by atoms with Crippen LogP contribution in [0.3, 0.4) is 0 Å². The van der Waals surface area contributed by atoms with Crippen molar-refractivity contribution in [3.05, 3.63) is 53.6 Å². The van der Waals surface area contributed by atoms with Crippen LogP contribution >= 0.6 is 0 Å². The van der Waals surface area contributed by atoms with Gasteiger partial charge in [0.1, 0.15) is 5.41 Å². The summed E-state index contributed by atoms with van der Waals surface area (Å²) in [7, 11) is 3.14. The number of amides is 2. The Hall–Kier alpha value is -3.02. The number of rotatable bonds is 8. The van der Waals surface area contributed by atoms with Gasteiger partial charge in [0, 0.05) is 12.2 Å². The number of hydrogen-bond donors (Lipinski definition) is 2. The van der Waals surface area contributed by atoms with Crippen LogP contribution in [0.1, 0.15) is 43.7 Å². The first-order valence-corrected chi connectivity index (χ1v) is 9.81. The predicted molar refractivity (Wildman–Crippen MR) is 112 cm³/mol. The van der Waals surface area contributed by atoms with Crippen molar-refractivity contribution in [3.63, 3.8) is 0 Å². The van der Waals surface area contributed by atoms with Gasteiger partial charge < -0.3 is 20.1 Å². The number of nitrogens with one attached hydrogen (secondary N) is 2. The van der Waals surface area contributed by atoms with Crippen LogP contribution in [0.5, 0.6) is 11.5 Å². The van der Waals surface area contributed by atoms with E-state index in [2.05, 4.69) is 24.5 Å². The van der Waals surface area contributed by atoms with Crippen molar-refractivity contribution < 1.29 is 19.1 Å². The third-order valence-corrected chi connectivity index (χ3v) is 5.35. The molecule has 0 saturated heterocycles. The molecule has 1 saturated carbocycles. The zero-order valence-corrected chi connectivity index (χ0v) is 17.4. The topological polar surface area (TPSA) is 76.7 Å². The molecule has 1 aliphatic carbocycles. The van der Waals surface area contributed by atoms with E-state index in [4.69, 9.17) is 9.47 Å². The van der Waals surface area contributed by atoms with E-state index >= 15 is 0 Å². The minimum absolute atomic E-state index is 0.240. The van der Waals surface area contributed by atoms with Gasteiger partial charge in [-0.3, -0.25) is 9.59 Å². The molecule has 0 unspecified atom stereocenters. The quantitative estimate of drug-likeness (QED) is 0.664. The maximum atomic E-state index is 12.9. The van der Waals surface area contributed by atoms with Crippen molar-refractivity contribution in [2.75, 3.05) is 19.5 Å². The number of methoxy groups -OCH3 is 2. The Morgan fingerprint density at radius 1 is 1.00 bits per heavy atom. The molecule has 1 fully saturated rings. The summed E-state index contributed by atoms with van der Waals surface area (Å²) in [6.45, 7) is 4.47. The van der Waals surface area contributed by atoms with Crippen LogP contribution in [-0.2, 0) is 16.1 Å². The number of anilines is 1. The summed E-state index contributed by atoms with van der Waals surface area (Å²) in [5.74, 6) is 1.02. The summed E-state index contributed by atoms with van der Waals surface area (Å²) in [5.41, 5.74) is 1.71. The van der Waals surface area contributed by atoms with Crippen molar-refractivity contribution >= 4 is 17.5 Å². The fourth-order valence-corrected chi connectivity index (χ4v) is 3.38. The molecule has 0 aliphatic heterocycles. The molecular formula is C23H28N2O4. The molecule has 0 aromatic heterocycles. The lowest BCUT2D eigenvalue weighted by atomic mass is 9.99. The molecule has 6 heteroatoms. The van der Waals surface area contributed by atoms with Crippen molar-refractivity contribution in [1.29, 1.82) is 0 Å². The molecule has 0 bridgehead atoms. The van der Waals surface area contributed by atoms with Gasteiger partial charge in [0.25, 0.3) is 0 Å². The average Bonchev–Trinajstić information content (AvgIpc) is 3.54. The molecular weight excluding hydrogens is 368 g/mol. The van der Waals surface area contributed by atoms with E-state index in [1.165, 1.54) is 0 Å². The highest BCUT2D eigenvalue weighted by atomic mass is 16.5. The van der Waals surface area contributed by atoms with Crippen LogP contribution in [0.25, 0.3) is 0 Å². The second-order valence-electron chi connectivity index (χ2n) is 7.65. The second-order valence-corrected chi connectivity index (χ2v) is 7.65. The zero-order valence-electron chi connectivity index (χ0n) is 17.4. The summed E-state index contributed by atoms with van der Waals surface area (Å²) in [6, 6.07) is 13.2. The maximum absolute atomic E-state index is 12.9. The lowest BCUT2D eigenvalue weighted by Gasteiger charge is -2.18. The van der Waals surface area contributed by atoms with Crippen LogP contribution in [0, 0.1) is 5.41 Å².